The van der Waals surface area contributed by atoms with Gasteiger partial charge in [-0.15, -0.1) is 0 Å². The monoisotopic (exact) mass is 505 g/mol. The highest BCUT2D eigenvalue weighted by Crippen LogP contribution is 2.33. The van der Waals surface area contributed by atoms with Crippen molar-refractivity contribution in [2.24, 2.45) is 0 Å². The fourth-order valence-corrected chi connectivity index (χ4v) is 4.47. The van der Waals surface area contributed by atoms with E-state index in [-0.39, 0.29) is 18.7 Å². The summed E-state index contributed by atoms with van der Waals surface area (Å²) in [6.45, 7) is 8.61. The molecule has 3 rings (SSSR count). The van der Waals surface area contributed by atoms with E-state index in [0.29, 0.717) is 11.0 Å². The Morgan fingerprint density at radius 3 is 2.51 bits per heavy atom. The van der Waals surface area contributed by atoms with Gasteiger partial charge in [0.2, 0.25) is 12.4 Å². The van der Waals surface area contributed by atoms with Crippen molar-refractivity contribution in [3.05, 3.63) is 35.0 Å². The zero-order chi connectivity index (χ0) is 25.4. The lowest BCUT2D eigenvalue weighted by Crippen LogP contribution is -2.46. The number of anilines is 2. The standard InChI is InChI=1S/C26H40ClN5O3/c1-5-6-13-28-24-29-15-22(21-12-7-18(27)14-17(21)16-33)23(32-24)30-19-8-10-20(11-9-19)31-25(34)35-26(2,3)4/h7,12,14-15,19-20,25,31,33-34H,5-6,8-11,13,16H2,1-4H3,(H2,28,29,30,32). The van der Waals surface area contributed by atoms with Gasteiger partial charge in [-0.2, -0.15) is 4.98 Å². The number of hydrogen-bond donors (Lipinski definition) is 5. The number of benzene rings is 1. The Labute approximate surface area is 213 Å². The molecule has 1 fully saturated rings. The molecule has 0 bridgehead atoms. The number of halogens is 1. The largest absolute Gasteiger partial charge is 0.392 e. The molecule has 0 radical (unpaired) electrons. The Balaban J connectivity index is 1.73. The third-order valence-corrected chi connectivity index (χ3v) is 6.28. The van der Waals surface area contributed by atoms with Gasteiger partial charge in [0.25, 0.3) is 0 Å². The molecule has 2 aromatic rings. The second-order valence-electron chi connectivity index (χ2n) is 10.1. The first-order valence-corrected chi connectivity index (χ1v) is 13.0. The fraction of sp³-hybridized carbons (Fsp3) is 0.615. The average molecular weight is 506 g/mol. The molecule has 0 aliphatic heterocycles. The molecule has 1 aliphatic rings. The summed E-state index contributed by atoms with van der Waals surface area (Å²) in [5, 5.41) is 30.8. The van der Waals surface area contributed by atoms with Crippen molar-refractivity contribution in [3.63, 3.8) is 0 Å². The van der Waals surface area contributed by atoms with Crippen LogP contribution in [0.25, 0.3) is 11.1 Å². The molecule has 9 heteroatoms. The summed E-state index contributed by atoms with van der Waals surface area (Å²) in [6.07, 6.45) is 6.64. The van der Waals surface area contributed by atoms with Crippen LogP contribution < -0.4 is 16.0 Å². The van der Waals surface area contributed by atoms with Gasteiger partial charge in [0.15, 0.2) is 0 Å². The van der Waals surface area contributed by atoms with Crippen molar-refractivity contribution in [2.45, 2.75) is 96.9 Å². The molecule has 1 aromatic heterocycles. The lowest BCUT2D eigenvalue weighted by atomic mass is 9.91. The highest BCUT2D eigenvalue weighted by atomic mass is 35.5. The molecule has 5 N–H and O–H groups in total. The van der Waals surface area contributed by atoms with Gasteiger partial charge in [-0.1, -0.05) is 31.0 Å². The quantitative estimate of drug-likeness (QED) is 0.216. The number of aliphatic hydroxyl groups is 2. The predicted octanol–water partition coefficient (Wildman–Crippen LogP) is 4.91. The molecule has 1 heterocycles. The van der Waals surface area contributed by atoms with Crippen molar-refractivity contribution in [2.75, 3.05) is 17.2 Å². The Morgan fingerprint density at radius 2 is 1.86 bits per heavy atom. The van der Waals surface area contributed by atoms with Crippen LogP contribution in [0.2, 0.25) is 5.02 Å². The first-order valence-electron chi connectivity index (χ1n) is 12.6. The molecule has 1 atom stereocenters. The Morgan fingerprint density at radius 1 is 1.14 bits per heavy atom. The Kier molecular flexibility index (Phi) is 10.1. The summed E-state index contributed by atoms with van der Waals surface area (Å²) in [6, 6.07) is 5.92. The zero-order valence-corrected chi connectivity index (χ0v) is 22.0. The van der Waals surface area contributed by atoms with Gasteiger partial charge in [-0.05, 0) is 76.1 Å². The molecule has 0 spiro atoms. The van der Waals surface area contributed by atoms with E-state index in [1.54, 1.807) is 12.3 Å². The third-order valence-electron chi connectivity index (χ3n) is 6.04. The van der Waals surface area contributed by atoms with E-state index >= 15 is 0 Å². The number of aliphatic hydroxyl groups excluding tert-OH is 2. The van der Waals surface area contributed by atoms with Gasteiger partial charge < -0.3 is 25.6 Å². The minimum absolute atomic E-state index is 0.123. The molecule has 1 unspecified atom stereocenters. The third kappa shape index (κ3) is 8.58. The molecule has 194 valence electrons. The van der Waals surface area contributed by atoms with Crippen molar-refractivity contribution < 1.29 is 14.9 Å². The van der Waals surface area contributed by atoms with E-state index in [2.05, 4.69) is 27.9 Å². The molecule has 0 amide bonds. The Hall–Kier alpha value is -1.97. The molecule has 0 saturated heterocycles. The number of unbranched alkanes of at least 4 members (excludes halogenated alkanes) is 1. The first-order chi connectivity index (χ1) is 16.7. The van der Waals surface area contributed by atoms with Gasteiger partial charge in [-0.25, -0.2) is 4.98 Å². The number of nitrogens with zero attached hydrogens (tertiary/aromatic N) is 2. The molecule has 1 aromatic carbocycles. The van der Waals surface area contributed by atoms with E-state index in [9.17, 15) is 10.2 Å². The van der Waals surface area contributed by atoms with E-state index in [4.69, 9.17) is 21.3 Å². The van der Waals surface area contributed by atoms with Crippen LogP contribution in [0.1, 0.15) is 71.8 Å². The van der Waals surface area contributed by atoms with Crippen LogP contribution >= 0.6 is 11.6 Å². The minimum atomic E-state index is -0.975. The van der Waals surface area contributed by atoms with Gasteiger partial charge in [0.1, 0.15) is 5.82 Å². The average Bonchev–Trinajstić information content (AvgIpc) is 2.80. The number of aromatic nitrogens is 2. The number of rotatable bonds is 11. The molecular weight excluding hydrogens is 466 g/mol. The number of ether oxygens (including phenoxy) is 1. The van der Waals surface area contributed by atoms with Crippen molar-refractivity contribution in [1.82, 2.24) is 15.3 Å². The molecule has 35 heavy (non-hydrogen) atoms. The summed E-state index contributed by atoms with van der Waals surface area (Å²) >= 11 is 6.16. The van der Waals surface area contributed by atoms with E-state index in [1.165, 1.54) is 0 Å². The van der Waals surface area contributed by atoms with Crippen LogP contribution in [0.15, 0.2) is 24.4 Å². The van der Waals surface area contributed by atoms with Gasteiger partial charge >= 0.3 is 0 Å². The minimum Gasteiger partial charge on any atom is -0.392 e. The molecular formula is C26H40ClN5O3. The smallest absolute Gasteiger partial charge is 0.224 e. The first kappa shape index (κ1) is 27.6. The van der Waals surface area contributed by atoms with Crippen molar-refractivity contribution in [1.29, 1.82) is 0 Å². The van der Waals surface area contributed by atoms with Crippen molar-refractivity contribution >= 4 is 23.4 Å². The molecule has 1 saturated carbocycles. The lowest BCUT2D eigenvalue weighted by Gasteiger charge is -2.33. The van der Waals surface area contributed by atoms with Gasteiger partial charge in [0, 0.05) is 35.4 Å². The zero-order valence-electron chi connectivity index (χ0n) is 21.3. The summed E-state index contributed by atoms with van der Waals surface area (Å²) in [5.41, 5.74) is 2.02. The predicted molar refractivity (Wildman–Crippen MR) is 141 cm³/mol. The highest BCUT2D eigenvalue weighted by Gasteiger charge is 2.26. The maximum Gasteiger partial charge on any atom is 0.224 e. The normalized spacial score (nSPS) is 19.4. The van der Waals surface area contributed by atoms with Gasteiger partial charge in [0.05, 0.1) is 12.2 Å². The fourth-order valence-electron chi connectivity index (χ4n) is 4.28. The van der Waals surface area contributed by atoms with Crippen LogP contribution in [0.5, 0.6) is 0 Å². The SMILES string of the molecule is CCCCNc1ncc(-c2ccc(Cl)cc2CO)c(NC2CCC(NC(O)OC(C)(C)C)CC2)n1. The second kappa shape index (κ2) is 12.8. The van der Waals surface area contributed by atoms with E-state index in [1.807, 2.05) is 32.9 Å². The lowest BCUT2D eigenvalue weighted by molar-refractivity contribution is -0.186. The van der Waals surface area contributed by atoms with Crippen LogP contribution in [0.3, 0.4) is 0 Å². The van der Waals surface area contributed by atoms with Crippen LogP contribution in [-0.4, -0.2) is 50.8 Å². The molecule has 1 aliphatic carbocycles. The topological polar surface area (TPSA) is 112 Å². The van der Waals surface area contributed by atoms with Gasteiger partial charge in [-0.3, -0.25) is 5.32 Å². The number of hydrogen-bond acceptors (Lipinski definition) is 8. The maximum atomic E-state index is 10.2. The van der Waals surface area contributed by atoms with E-state index < -0.39 is 12.0 Å². The van der Waals surface area contributed by atoms with E-state index in [0.717, 1.165) is 67.6 Å². The van der Waals surface area contributed by atoms with Crippen molar-refractivity contribution in [3.8, 4) is 11.1 Å². The summed E-state index contributed by atoms with van der Waals surface area (Å²) in [5.74, 6) is 1.32. The second-order valence-corrected chi connectivity index (χ2v) is 10.6. The summed E-state index contributed by atoms with van der Waals surface area (Å²) < 4.78 is 5.59. The van der Waals surface area contributed by atoms with Crippen LogP contribution in [0, 0.1) is 0 Å². The maximum absolute atomic E-state index is 10.2. The highest BCUT2D eigenvalue weighted by molar-refractivity contribution is 6.30. The summed E-state index contributed by atoms with van der Waals surface area (Å²) in [7, 11) is 0. The molecule has 8 nitrogen and oxygen atoms in total. The Bertz CT molecular complexity index is 945. The van der Waals surface area contributed by atoms with Crippen LogP contribution in [0.4, 0.5) is 11.8 Å². The summed E-state index contributed by atoms with van der Waals surface area (Å²) in [4.78, 5) is 9.32. The number of nitrogens with one attached hydrogen (secondary N) is 3. The van der Waals surface area contributed by atoms with Crippen LogP contribution in [-0.2, 0) is 11.3 Å².